The van der Waals surface area contributed by atoms with Gasteiger partial charge in [-0.05, 0) is 42.0 Å². The fourth-order valence-electron chi connectivity index (χ4n) is 2.82. The molecule has 3 aromatic rings. The van der Waals surface area contributed by atoms with E-state index >= 15 is 0 Å². The second kappa shape index (κ2) is 6.26. The van der Waals surface area contributed by atoms with Crippen LogP contribution in [0.25, 0.3) is 5.00 Å². The quantitative estimate of drug-likeness (QED) is 0.757. The standard InChI is InChI=1S/C18H16N2OS2/c21-17(19-13-6-2-1-3-7-13)16-14-8-11-22-12-15(14)23-18(16)20-9-4-5-10-20/h1-7,9-10H,8,11-12H2,(H,19,21). The maximum absolute atomic E-state index is 12.9. The molecular weight excluding hydrogens is 324 g/mol. The number of aromatic nitrogens is 1. The molecule has 116 valence electrons. The Morgan fingerprint density at radius 3 is 2.65 bits per heavy atom. The average molecular weight is 340 g/mol. The molecule has 5 heteroatoms. The van der Waals surface area contributed by atoms with E-state index in [-0.39, 0.29) is 5.91 Å². The zero-order valence-electron chi connectivity index (χ0n) is 12.5. The van der Waals surface area contributed by atoms with Crippen molar-refractivity contribution in [1.29, 1.82) is 0 Å². The summed E-state index contributed by atoms with van der Waals surface area (Å²) in [6.07, 6.45) is 4.97. The van der Waals surface area contributed by atoms with Crippen LogP contribution in [-0.4, -0.2) is 16.2 Å². The van der Waals surface area contributed by atoms with Gasteiger partial charge in [-0.15, -0.1) is 11.3 Å². The van der Waals surface area contributed by atoms with Gasteiger partial charge in [-0.3, -0.25) is 4.79 Å². The minimum atomic E-state index is -0.00991. The summed E-state index contributed by atoms with van der Waals surface area (Å²) in [5.74, 6) is 2.08. The lowest BCUT2D eigenvalue weighted by Crippen LogP contribution is -2.16. The molecule has 1 aliphatic rings. The lowest BCUT2D eigenvalue weighted by atomic mass is 10.1. The lowest BCUT2D eigenvalue weighted by molar-refractivity contribution is 0.102. The first-order valence-electron chi connectivity index (χ1n) is 7.55. The number of amides is 1. The fourth-order valence-corrected chi connectivity index (χ4v) is 5.26. The molecule has 0 aliphatic carbocycles. The monoisotopic (exact) mass is 340 g/mol. The Morgan fingerprint density at radius 2 is 1.87 bits per heavy atom. The number of fused-ring (bicyclic) bond motifs is 1. The summed E-state index contributed by atoms with van der Waals surface area (Å²) < 4.78 is 2.05. The number of thioether (sulfide) groups is 1. The molecule has 0 bridgehead atoms. The van der Waals surface area contributed by atoms with Crippen LogP contribution in [0.3, 0.4) is 0 Å². The van der Waals surface area contributed by atoms with Gasteiger partial charge in [0.2, 0.25) is 0 Å². The highest BCUT2D eigenvalue weighted by atomic mass is 32.2. The molecule has 3 heterocycles. The van der Waals surface area contributed by atoms with Crippen molar-refractivity contribution in [2.24, 2.45) is 0 Å². The van der Waals surface area contributed by atoms with Gasteiger partial charge in [0.25, 0.3) is 5.91 Å². The summed E-state index contributed by atoms with van der Waals surface area (Å²) in [5.41, 5.74) is 2.90. The fraction of sp³-hybridized carbons (Fsp3) is 0.167. The van der Waals surface area contributed by atoms with Crippen molar-refractivity contribution < 1.29 is 4.79 Å². The third-order valence-corrected chi connectivity index (χ3v) is 6.31. The number of anilines is 1. The first-order chi connectivity index (χ1) is 11.3. The van der Waals surface area contributed by atoms with Crippen LogP contribution in [-0.2, 0) is 12.2 Å². The molecule has 0 unspecified atom stereocenters. The molecule has 0 atom stereocenters. The zero-order valence-corrected chi connectivity index (χ0v) is 14.1. The van der Waals surface area contributed by atoms with E-state index in [1.54, 1.807) is 11.3 Å². The van der Waals surface area contributed by atoms with Gasteiger partial charge in [-0.25, -0.2) is 0 Å². The molecule has 2 aromatic heterocycles. The van der Waals surface area contributed by atoms with Crippen molar-refractivity contribution >= 4 is 34.7 Å². The lowest BCUT2D eigenvalue weighted by Gasteiger charge is -2.13. The van der Waals surface area contributed by atoms with Gasteiger partial charge in [0.1, 0.15) is 5.00 Å². The van der Waals surface area contributed by atoms with Crippen molar-refractivity contribution in [2.75, 3.05) is 11.1 Å². The van der Waals surface area contributed by atoms with Crippen LogP contribution in [0.4, 0.5) is 5.69 Å². The molecule has 1 aliphatic heterocycles. The third-order valence-electron chi connectivity index (χ3n) is 3.90. The van der Waals surface area contributed by atoms with E-state index in [9.17, 15) is 4.79 Å². The van der Waals surface area contributed by atoms with Gasteiger partial charge in [0.15, 0.2) is 0 Å². The molecule has 0 saturated heterocycles. The van der Waals surface area contributed by atoms with Crippen molar-refractivity contribution in [2.45, 2.75) is 12.2 Å². The van der Waals surface area contributed by atoms with Crippen molar-refractivity contribution in [1.82, 2.24) is 4.57 Å². The van der Waals surface area contributed by atoms with E-state index in [0.717, 1.165) is 34.2 Å². The smallest absolute Gasteiger partial charge is 0.258 e. The number of nitrogens with one attached hydrogen (secondary N) is 1. The minimum absolute atomic E-state index is 0.00991. The molecule has 23 heavy (non-hydrogen) atoms. The maximum Gasteiger partial charge on any atom is 0.258 e. The molecule has 1 amide bonds. The number of rotatable bonds is 3. The van der Waals surface area contributed by atoms with Crippen LogP contribution in [0.5, 0.6) is 0 Å². The van der Waals surface area contributed by atoms with Crippen molar-refractivity contribution in [3.63, 3.8) is 0 Å². The van der Waals surface area contributed by atoms with Crippen LogP contribution in [0.15, 0.2) is 54.9 Å². The minimum Gasteiger partial charge on any atom is -0.322 e. The summed E-state index contributed by atoms with van der Waals surface area (Å²) >= 11 is 3.68. The van der Waals surface area contributed by atoms with Gasteiger partial charge in [0, 0.05) is 28.7 Å². The van der Waals surface area contributed by atoms with E-state index < -0.39 is 0 Å². The van der Waals surface area contributed by atoms with E-state index in [2.05, 4.69) is 5.32 Å². The Kier molecular flexibility index (Phi) is 3.97. The van der Waals surface area contributed by atoms with Gasteiger partial charge < -0.3 is 9.88 Å². The number of para-hydroxylation sites is 1. The van der Waals surface area contributed by atoms with E-state index in [4.69, 9.17) is 0 Å². The average Bonchev–Trinajstić information content (AvgIpc) is 3.23. The highest BCUT2D eigenvalue weighted by Crippen LogP contribution is 2.38. The number of hydrogen-bond donors (Lipinski definition) is 1. The third kappa shape index (κ3) is 2.82. The summed E-state index contributed by atoms with van der Waals surface area (Å²) in [7, 11) is 0. The highest BCUT2D eigenvalue weighted by Gasteiger charge is 2.26. The number of benzene rings is 1. The second-order valence-electron chi connectivity index (χ2n) is 5.40. The molecule has 0 spiro atoms. The van der Waals surface area contributed by atoms with E-state index in [1.807, 2.05) is 71.2 Å². The SMILES string of the molecule is O=C(Nc1ccccc1)c1c(-n2cccc2)sc2c1CCSC2. The number of thiophene rings is 1. The Bertz CT molecular complexity index is 822. The van der Waals surface area contributed by atoms with Crippen molar-refractivity contribution in [3.8, 4) is 5.00 Å². The summed E-state index contributed by atoms with van der Waals surface area (Å²) in [4.78, 5) is 14.3. The number of carbonyl (C=O) groups is 1. The Morgan fingerprint density at radius 1 is 1.09 bits per heavy atom. The predicted molar refractivity (Wildman–Crippen MR) is 97.9 cm³/mol. The molecular formula is C18H16N2OS2. The van der Waals surface area contributed by atoms with Crippen LogP contribution >= 0.6 is 23.1 Å². The summed E-state index contributed by atoms with van der Waals surface area (Å²) in [5, 5.41) is 4.07. The van der Waals surface area contributed by atoms with E-state index in [1.165, 1.54) is 10.4 Å². The van der Waals surface area contributed by atoms with Crippen LogP contribution in [0, 0.1) is 0 Å². The predicted octanol–water partition coefficient (Wildman–Crippen LogP) is 4.58. The molecule has 0 fully saturated rings. The van der Waals surface area contributed by atoms with Crippen LogP contribution < -0.4 is 5.32 Å². The van der Waals surface area contributed by atoms with Crippen molar-refractivity contribution in [3.05, 3.63) is 70.9 Å². The summed E-state index contributed by atoms with van der Waals surface area (Å²) in [6, 6.07) is 13.6. The van der Waals surface area contributed by atoms with Gasteiger partial charge in [-0.1, -0.05) is 18.2 Å². The van der Waals surface area contributed by atoms with Gasteiger partial charge in [0.05, 0.1) is 5.56 Å². The first-order valence-corrected chi connectivity index (χ1v) is 9.52. The topological polar surface area (TPSA) is 34.0 Å². The molecule has 0 saturated carbocycles. The molecule has 1 N–H and O–H groups in total. The highest BCUT2D eigenvalue weighted by molar-refractivity contribution is 7.98. The Balaban J connectivity index is 1.77. The normalized spacial score (nSPS) is 13.6. The zero-order chi connectivity index (χ0) is 15.6. The summed E-state index contributed by atoms with van der Waals surface area (Å²) in [6.45, 7) is 0. The van der Waals surface area contributed by atoms with Crippen LogP contribution in [0.1, 0.15) is 20.8 Å². The number of carbonyl (C=O) groups excluding carboxylic acids is 1. The molecule has 4 rings (SSSR count). The maximum atomic E-state index is 12.9. The second-order valence-corrected chi connectivity index (χ2v) is 7.59. The largest absolute Gasteiger partial charge is 0.322 e. The molecule has 1 aromatic carbocycles. The molecule has 3 nitrogen and oxygen atoms in total. The first kappa shape index (κ1) is 14.6. The molecule has 0 radical (unpaired) electrons. The number of hydrogen-bond acceptors (Lipinski definition) is 3. The van der Waals surface area contributed by atoms with Crippen LogP contribution in [0.2, 0.25) is 0 Å². The Labute approximate surface area is 143 Å². The van der Waals surface area contributed by atoms with Gasteiger partial charge in [-0.2, -0.15) is 11.8 Å². The van der Waals surface area contributed by atoms with E-state index in [0.29, 0.717) is 0 Å². The number of nitrogens with zero attached hydrogens (tertiary/aromatic N) is 1. The Hall–Kier alpha value is -1.98. The van der Waals surface area contributed by atoms with Gasteiger partial charge >= 0.3 is 0 Å².